The van der Waals surface area contributed by atoms with Gasteiger partial charge in [-0.3, -0.25) is 9.80 Å². The van der Waals surface area contributed by atoms with Gasteiger partial charge in [0.2, 0.25) is 0 Å². The molecule has 0 radical (unpaired) electrons. The number of hydrogen-bond acceptors (Lipinski definition) is 5. The van der Waals surface area contributed by atoms with Crippen LogP contribution in [0.25, 0.3) is 27.5 Å². The van der Waals surface area contributed by atoms with E-state index in [1.54, 1.807) is 0 Å². The molecule has 0 fully saturated rings. The van der Waals surface area contributed by atoms with Crippen LogP contribution in [0.1, 0.15) is 26.3 Å². The summed E-state index contributed by atoms with van der Waals surface area (Å²) in [6, 6.07) is 92.0. The number of hydrogen-bond donors (Lipinski definition) is 0. The average molecular weight is 985 g/mol. The van der Waals surface area contributed by atoms with E-state index >= 15 is 0 Å². The number of rotatable bonds is 5. The molecular formula is C69H50B2N6. The maximum absolute atomic E-state index is 6.27. The summed E-state index contributed by atoms with van der Waals surface area (Å²) in [6.45, 7) is 6.71. The molecular weight excluding hydrogens is 934 g/mol. The monoisotopic (exact) mass is 984 g/mol. The molecule has 0 saturated heterocycles. The summed E-state index contributed by atoms with van der Waals surface area (Å²) in [7, 11) is 0. The summed E-state index contributed by atoms with van der Waals surface area (Å²) >= 11 is 0. The Labute approximate surface area is 449 Å². The molecule has 0 bridgehead atoms. The van der Waals surface area contributed by atoms with E-state index < -0.39 is 0 Å². The average Bonchev–Trinajstić information content (AvgIpc) is 3.70. The highest BCUT2D eigenvalue weighted by Crippen LogP contribution is 2.49. The lowest BCUT2D eigenvalue weighted by Gasteiger charge is -2.47. The van der Waals surface area contributed by atoms with E-state index in [1.807, 2.05) is 0 Å². The summed E-state index contributed by atoms with van der Waals surface area (Å²) in [5.41, 5.74) is 23.2. The highest BCUT2D eigenvalue weighted by atomic mass is 15.3. The van der Waals surface area contributed by atoms with E-state index in [9.17, 15) is 0 Å². The van der Waals surface area contributed by atoms with Crippen molar-refractivity contribution in [2.24, 2.45) is 0 Å². The molecule has 6 nitrogen and oxygen atoms in total. The van der Waals surface area contributed by atoms with Crippen molar-refractivity contribution < 1.29 is 0 Å². The topological polar surface area (TPSA) is 30.8 Å². The van der Waals surface area contributed by atoms with Gasteiger partial charge in [-0.15, -0.1) is 0 Å². The summed E-state index contributed by atoms with van der Waals surface area (Å²) in [5, 5.41) is 2.46. The van der Waals surface area contributed by atoms with Gasteiger partial charge in [-0.05, 0) is 141 Å². The van der Waals surface area contributed by atoms with Crippen molar-refractivity contribution in [1.29, 1.82) is 0 Å². The van der Waals surface area contributed by atoms with E-state index in [0.717, 1.165) is 62.8 Å². The van der Waals surface area contributed by atoms with Gasteiger partial charge in [-0.2, -0.15) is 0 Å². The fourth-order valence-electron chi connectivity index (χ4n) is 13.3. The van der Waals surface area contributed by atoms with Gasteiger partial charge in [0.25, 0.3) is 13.4 Å². The molecule has 4 aliphatic heterocycles. The van der Waals surface area contributed by atoms with Crippen LogP contribution in [0, 0.1) is 0 Å². The van der Waals surface area contributed by atoms with E-state index in [4.69, 9.17) is 4.98 Å². The van der Waals surface area contributed by atoms with Crippen LogP contribution in [0.5, 0.6) is 0 Å². The first kappa shape index (κ1) is 43.8. The van der Waals surface area contributed by atoms with Gasteiger partial charge in [-0.25, -0.2) is 4.98 Å². The number of aromatic nitrogens is 2. The van der Waals surface area contributed by atoms with Crippen LogP contribution in [-0.4, -0.2) is 23.0 Å². The van der Waals surface area contributed by atoms with Gasteiger partial charge in [0, 0.05) is 67.6 Å². The maximum Gasteiger partial charge on any atom is 0.254 e. The molecule has 10 aromatic carbocycles. The molecule has 0 spiro atoms. The Morgan fingerprint density at radius 3 is 1.10 bits per heavy atom. The van der Waals surface area contributed by atoms with Gasteiger partial charge in [0.15, 0.2) is 0 Å². The van der Waals surface area contributed by atoms with Crippen LogP contribution in [0.3, 0.4) is 0 Å². The number of anilines is 12. The minimum Gasteiger partial charge on any atom is -0.311 e. The highest BCUT2D eigenvalue weighted by molar-refractivity contribution is 7.03. The van der Waals surface area contributed by atoms with Crippen LogP contribution < -0.4 is 52.4 Å². The van der Waals surface area contributed by atoms with Crippen LogP contribution in [0.4, 0.5) is 68.5 Å². The lowest BCUT2D eigenvalue weighted by molar-refractivity contribution is 0.590. The van der Waals surface area contributed by atoms with Gasteiger partial charge in [0.1, 0.15) is 11.6 Å². The first-order valence-electron chi connectivity index (χ1n) is 26.9. The minimum absolute atomic E-state index is 0.124. The predicted molar refractivity (Wildman–Crippen MR) is 325 cm³/mol. The first-order chi connectivity index (χ1) is 37.9. The molecule has 0 unspecified atom stereocenters. The van der Waals surface area contributed by atoms with Crippen LogP contribution in [0.15, 0.2) is 249 Å². The molecule has 0 N–H and O–H groups in total. The number of benzene rings is 10. The van der Waals surface area contributed by atoms with E-state index in [2.05, 4.69) is 294 Å². The van der Waals surface area contributed by atoms with Crippen molar-refractivity contribution in [3.05, 3.63) is 254 Å². The van der Waals surface area contributed by atoms with Crippen molar-refractivity contribution in [2.45, 2.75) is 26.2 Å². The third-order valence-electron chi connectivity index (χ3n) is 16.6. The molecule has 4 aliphatic rings. The first-order valence-corrected chi connectivity index (χ1v) is 26.9. The summed E-state index contributed by atoms with van der Waals surface area (Å²) in [6.07, 6.45) is 0. The lowest BCUT2D eigenvalue weighted by atomic mass is 9.30. The second-order valence-corrected chi connectivity index (χ2v) is 21.9. The van der Waals surface area contributed by atoms with Crippen molar-refractivity contribution in [1.82, 2.24) is 9.55 Å². The third kappa shape index (κ3) is 6.36. The molecule has 0 atom stereocenters. The van der Waals surface area contributed by atoms with Gasteiger partial charge in [0.05, 0.1) is 16.7 Å². The Morgan fingerprint density at radius 1 is 0.312 bits per heavy atom. The molecule has 362 valence electrons. The fraction of sp³-hybridized carbons (Fsp3) is 0.0580. The highest BCUT2D eigenvalue weighted by Gasteiger charge is 2.49. The number of para-hydroxylation sites is 8. The molecule has 0 aliphatic carbocycles. The second-order valence-electron chi connectivity index (χ2n) is 21.9. The van der Waals surface area contributed by atoms with E-state index in [-0.39, 0.29) is 18.8 Å². The lowest BCUT2D eigenvalue weighted by Crippen LogP contribution is -2.65. The number of nitrogens with zero attached hydrogens (tertiary/aromatic N) is 6. The second kappa shape index (κ2) is 16.5. The van der Waals surface area contributed by atoms with Crippen LogP contribution in [0.2, 0.25) is 0 Å². The summed E-state index contributed by atoms with van der Waals surface area (Å²) in [5.74, 6) is 1.86. The largest absolute Gasteiger partial charge is 0.311 e. The van der Waals surface area contributed by atoms with Crippen LogP contribution >= 0.6 is 0 Å². The normalized spacial score (nSPS) is 13.8. The van der Waals surface area contributed by atoms with Gasteiger partial charge >= 0.3 is 0 Å². The predicted octanol–water partition coefficient (Wildman–Crippen LogP) is 13.6. The molecule has 8 heteroatoms. The van der Waals surface area contributed by atoms with Crippen molar-refractivity contribution >= 4 is 137 Å². The van der Waals surface area contributed by atoms with Gasteiger partial charge in [-0.1, -0.05) is 172 Å². The Hall–Kier alpha value is -9.52. The fourth-order valence-corrected chi connectivity index (χ4v) is 13.3. The Morgan fingerprint density at radius 2 is 0.662 bits per heavy atom. The van der Waals surface area contributed by atoms with Crippen molar-refractivity contribution in [3.8, 4) is 5.69 Å². The van der Waals surface area contributed by atoms with Gasteiger partial charge < -0.3 is 14.4 Å². The van der Waals surface area contributed by atoms with Crippen molar-refractivity contribution in [3.63, 3.8) is 0 Å². The molecule has 0 saturated carbocycles. The zero-order valence-electron chi connectivity index (χ0n) is 43.0. The zero-order valence-corrected chi connectivity index (χ0v) is 43.0. The quantitative estimate of drug-likeness (QED) is 0.160. The molecule has 6 heterocycles. The number of pyridine rings is 1. The number of fused-ring (bicyclic) bond motifs is 11. The zero-order chi connectivity index (χ0) is 51.1. The summed E-state index contributed by atoms with van der Waals surface area (Å²) in [4.78, 5) is 16.2. The summed E-state index contributed by atoms with van der Waals surface area (Å²) < 4.78 is 2.47. The minimum atomic E-state index is -0.162. The van der Waals surface area contributed by atoms with Crippen LogP contribution in [-0.2, 0) is 5.41 Å². The molecule has 2 aromatic heterocycles. The van der Waals surface area contributed by atoms with E-state index in [1.165, 1.54) is 71.5 Å². The van der Waals surface area contributed by atoms with E-state index in [0.29, 0.717) is 0 Å². The standard InChI is InChI=1S/C69H50B2N6/c1-69(2,3)45-40-61-65-62(41-45)76(48-28-12-6-13-29-48)67-55(70(65)53-34-18-22-38-59(53)73(61)46-24-8-4-9-25-46)44-56-68(72-67)77(49-30-14-7-15-31-49)64-43-50(75-57-36-20-16-32-51(57)52-33-17-21-37-58(52)75)42-63-66(64)71(56)54-35-19-23-39-60(54)74(63)47-26-10-5-11-27-47/h4-44H,1-3H3. The Bertz CT molecular complexity index is 4310. The van der Waals surface area contributed by atoms with Crippen molar-refractivity contribution in [2.75, 3.05) is 19.6 Å². The SMILES string of the molecule is CC(C)(C)c1cc2c3c(c1)N(c1ccccc1)c1nc4c(cc1B3c1ccccc1N2c1ccccc1)B1c2ccccc2N(c2ccccc2)c2cc(-n3c5ccccc5c5ccccc53)cc(c21)N4c1ccccc1. The molecule has 0 amide bonds. The Balaban J connectivity index is 1.05. The smallest absolute Gasteiger partial charge is 0.254 e. The molecule has 12 aromatic rings. The molecule has 77 heavy (non-hydrogen) atoms. The Kier molecular flexibility index (Phi) is 9.39. The third-order valence-corrected chi connectivity index (χ3v) is 16.6. The maximum atomic E-state index is 6.27. The molecule has 16 rings (SSSR count).